The number of hydrogen-bond donors (Lipinski definition) is 1. The van der Waals surface area contributed by atoms with E-state index in [4.69, 9.17) is 0 Å². The van der Waals surface area contributed by atoms with Crippen molar-refractivity contribution in [2.75, 3.05) is 20.1 Å². The van der Waals surface area contributed by atoms with Gasteiger partial charge in [0, 0.05) is 25.1 Å². The molecule has 2 rings (SSSR count). The molecule has 1 N–H and O–H groups in total. The van der Waals surface area contributed by atoms with Crippen LogP contribution in [0.3, 0.4) is 0 Å². The van der Waals surface area contributed by atoms with Gasteiger partial charge in [0.2, 0.25) is 5.91 Å². The number of rotatable bonds is 3. The van der Waals surface area contributed by atoms with E-state index in [1.165, 1.54) is 6.07 Å². The van der Waals surface area contributed by atoms with Crippen LogP contribution in [-0.2, 0) is 11.3 Å². The predicted molar refractivity (Wildman–Crippen MR) is 68.4 cm³/mol. The minimum Gasteiger partial charge on any atom is -0.359 e. The summed E-state index contributed by atoms with van der Waals surface area (Å²) in [6, 6.07) is 4.24. The second-order valence-corrected chi connectivity index (χ2v) is 4.88. The summed E-state index contributed by atoms with van der Waals surface area (Å²) in [5.74, 6) is -1.47. The van der Waals surface area contributed by atoms with Crippen molar-refractivity contribution in [2.24, 2.45) is 5.92 Å². The van der Waals surface area contributed by atoms with E-state index < -0.39 is 11.6 Å². The average Bonchev–Trinajstić information content (AvgIpc) is 2.44. The molecular formula is C14H18F2N2O. The Balaban J connectivity index is 1.92. The van der Waals surface area contributed by atoms with E-state index in [2.05, 4.69) is 10.2 Å². The predicted octanol–water partition coefficient (Wildman–Crippen LogP) is 1.92. The number of nitrogens with zero attached hydrogens (tertiary/aromatic N) is 1. The molecule has 1 fully saturated rings. The van der Waals surface area contributed by atoms with Gasteiger partial charge in [0.25, 0.3) is 0 Å². The van der Waals surface area contributed by atoms with Crippen LogP contribution in [0.25, 0.3) is 0 Å². The first-order valence-corrected chi connectivity index (χ1v) is 6.48. The van der Waals surface area contributed by atoms with Crippen LogP contribution in [0.2, 0.25) is 0 Å². The van der Waals surface area contributed by atoms with Crippen LogP contribution < -0.4 is 5.32 Å². The smallest absolute Gasteiger partial charge is 0.222 e. The molecule has 0 saturated carbocycles. The standard InChI is InChI=1S/C14H18F2N2O/c1-17-14(19)10-5-7-18(8-6-10)9-11-3-2-4-12(15)13(11)16/h2-4,10H,5-9H2,1H3,(H,17,19). The number of carbonyl (C=O) groups is 1. The molecule has 1 saturated heterocycles. The Bertz CT molecular complexity index is 457. The van der Waals surface area contributed by atoms with Crippen LogP contribution in [0, 0.1) is 17.6 Å². The first-order valence-electron chi connectivity index (χ1n) is 6.48. The molecule has 0 unspecified atom stereocenters. The summed E-state index contributed by atoms with van der Waals surface area (Å²) in [4.78, 5) is 13.5. The van der Waals surface area contributed by atoms with Crippen molar-refractivity contribution in [3.8, 4) is 0 Å². The van der Waals surface area contributed by atoms with Crippen LogP contribution in [-0.4, -0.2) is 30.9 Å². The lowest BCUT2D eigenvalue weighted by Gasteiger charge is -2.31. The molecular weight excluding hydrogens is 250 g/mol. The van der Waals surface area contributed by atoms with Crippen molar-refractivity contribution >= 4 is 5.91 Å². The summed E-state index contributed by atoms with van der Waals surface area (Å²) in [5.41, 5.74) is 0.374. The number of piperidine rings is 1. The van der Waals surface area contributed by atoms with Crippen LogP contribution in [0.1, 0.15) is 18.4 Å². The maximum atomic E-state index is 13.6. The average molecular weight is 268 g/mol. The lowest BCUT2D eigenvalue weighted by Crippen LogP contribution is -2.39. The Kier molecular flexibility index (Phi) is 4.47. The number of halogens is 2. The highest BCUT2D eigenvalue weighted by Crippen LogP contribution is 2.20. The van der Waals surface area contributed by atoms with E-state index in [1.807, 2.05) is 0 Å². The maximum Gasteiger partial charge on any atom is 0.222 e. The van der Waals surface area contributed by atoms with E-state index in [9.17, 15) is 13.6 Å². The summed E-state index contributed by atoms with van der Waals surface area (Å²) < 4.78 is 26.7. The number of nitrogens with one attached hydrogen (secondary N) is 1. The summed E-state index contributed by atoms with van der Waals surface area (Å²) >= 11 is 0. The number of hydrogen-bond acceptors (Lipinski definition) is 2. The van der Waals surface area contributed by atoms with Gasteiger partial charge in [0.1, 0.15) is 0 Å². The van der Waals surface area contributed by atoms with E-state index in [0.29, 0.717) is 12.1 Å². The van der Waals surface area contributed by atoms with E-state index in [-0.39, 0.29) is 11.8 Å². The zero-order valence-electron chi connectivity index (χ0n) is 11.0. The van der Waals surface area contributed by atoms with E-state index in [0.717, 1.165) is 32.0 Å². The third-order valence-electron chi connectivity index (χ3n) is 3.63. The molecule has 0 bridgehead atoms. The third kappa shape index (κ3) is 3.29. The van der Waals surface area contributed by atoms with Gasteiger partial charge in [-0.05, 0) is 32.0 Å². The first kappa shape index (κ1) is 13.9. The molecule has 1 aromatic carbocycles. The molecule has 1 amide bonds. The van der Waals surface area contributed by atoms with Crippen LogP contribution in [0.15, 0.2) is 18.2 Å². The van der Waals surface area contributed by atoms with Gasteiger partial charge in [-0.1, -0.05) is 12.1 Å². The van der Waals surface area contributed by atoms with E-state index >= 15 is 0 Å². The SMILES string of the molecule is CNC(=O)C1CCN(Cc2cccc(F)c2F)CC1. The van der Waals surface area contributed by atoms with Crippen molar-refractivity contribution < 1.29 is 13.6 Å². The topological polar surface area (TPSA) is 32.3 Å². The third-order valence-corrected chi connectivity index (χ3v) is 3.63. The Hall–Kier alpha value is -1.49. The highest BCUT2D eigenvalue weighted by Gasteiger charge is 2.24. The van der Waals surface area contributed by atoms with E-state index in [1.54, 1.807) is 13.1 Å². The quantitative estimate of drug-likeness (QED) is 0.908. The normalized spacial score (nSPS) is 17.4. The number of amides is 1. The minimum absolute atomic E-state index is 0.0404. The molecule has 0 aromatic heterocycles. The summed E-state index contributed by atoms with van der Waals surface area (Å²) in [6.45, 7) is 1.85. The number of benzene rings is 1. The van der Waals surface area contributed by atoms with Crippen LogP contribution in [0.4, 0.5) is 8.78 Å². The van der Waals surface area contributed by atoms with Crippen molar-refractivity contribution in [2.45, 2.75) is 19.4 Å². The Morgan fingerprint density at radius 2 is 2.05 bits per heavy atom. The monoisotopic (exact) mass is 268 g/mol. The number of likely N-dealkylation sites (tertiary alicyclic amines) is 1. The summed E-state index contributed by atoms with van der Waals surface area (Å²) in [6.07, 6.45) is 1.52. The molecule has 0 aliphatic carbocycles. The fourth-order valence-corrected chi connectivity index (χ4v) is 2.47. The summed E-state index contributed by atoms with van der Waals surface area (Å²) in [5, 5.41) is 2.65. The molecule has 1 aromatic rings. The highest BCUT2D eigenvalue weighted by atomic mass is 19.2. The van der Waals surface area contributed by atoms with Gasteiger partial charge in [0.15, 0.2) is 11.6 Å². The van der Waals surface area contributed by atoms with Crippen molar-refractivity contribution in [3.05, 3.63) is 35.4 Å². The van der Waals surface area contributed by atoms with Gasteiger partial charge in [-0.3, -0.25) is 9.69 Å². The zero-order valence-corrected chi connectivity index (χ0v) is 11.0. The second-order valence-electron chi connectivity index (χ2n) is 4.88. The van der Waals surface area contributed by atoms with Gasteiger partial charge in [-0.2, -0.15) is 0 Å². The lowest BCUT2D eigenvalue weighted by atomic mass is 9.95. The number of carbonyl (C=O) groups excluding carboxylic acids is 1. The molecule has 0 atom stereocenters. The minimum atomic E-state index is -0.808. The Morgan fingerprint density at radius 1 is 1.37 bits per heavy atom. The molecule has 0 spiro atoms. The van der Waals surface area contributed by atoms with Crippen molar-refractivity contribution in [1.82, 2.24) is 10.2 Å². The van der Waals surface area contributed by atoms with Gasteiger partial charge >= 0.3 is 0 Å². The van der Waals surface area contributed by atoms with Gasteiger partial charge in [-0.15, -0.1) is 0 Å². The second kappa shape index (κ2) is 6.10. The molecule has 19 heavy (non-hydrogen) atoms. The van der Waals surface area contributed by atoms with Crippen molar-refractivity contribution in [1.29, 1.82) is 0 Å². The maximum absolute atomic E-state index is 13.6. The molecule has 5 heteroatoms. The molecule has 1 aliphatic heterocycles. The highest BCUT2D eigenvalue weighted by molar-refractivity contribution is 5.78. The molecule has 3 nitrogen and oxygen atoms in total. The zero-order chi connectivity index (χ0) is 13.8. The summed E-state index contributed by atoms with van der Waals surface area (Å²) in [7, 11) is 1.64. The van der Waals surface area contributed by atoms with Gasteiger partial charge in [0.05, 0.1) is 0 Å². The van der Waals surface area contributed by atoms with Crippen molar-refractivity contribution in [3.63, 3.8) is 0 Å². The van der Waals surface area contributed by atoms with Gasteiger partial charge < -0.3 is 5.32 Å². The van der Waals surface area contributed by atoms with Crippen LogP contribution in [0.5, 0.6) is 0 Å². The first-order chi connectivity index (χ1) is 9.11. The fraction of sp³-hybridized carbons (Fsp3) is 0.500. The molecule has 1 aliphatic rings. The Morgan fingerprint density at radius 3 is 2.68 bits per heavy atom. The molecule has 104 valence electrons. The van der Waals surface area contributed by atoms with Gasteiger partial charge in [-0.25, -0.2) is 8.78 Å². The lowest BCUT2D eigenvalue weighted by molar-refractivity contribution is -0.125. The van der Waals surface area contributed by atoms with Crippen LogP contribution >= 0.6 is 0 Å². The molecule has 1 heterocycles. The fourth-order valence-electron chi connectivity index (χ4n) is 2.47. The molecule has 0 radical (unpaired) electrons. The largest absolute Gasteiger partial charge is 0.359 e. The Labute approximate surface area is 111 Å².